The molecule has 0 saturated carbocycles. The second kappa shape index (κ2) is 4.23. The molecule has 0 spiro atoms. The fraction of sp³-hybridized carbons (Fsp3) is 0.250. The summed E-state index contributed by atoms with van der Waals surface area (Å²) < 4.78 is 0.667. The van der Waals surface area contributed by atoms with Crippen molar-refractivity contribution in [3.8, 4) is 0 Å². The predicted molar refractivity (Wildman–Crippen MR) is 67.2 cm³/mol. The Morgan fingerprint density at radius 3 is 2.75 bits per heavy atom. The minimum atomic E-state index is 0.278. The monoisotopic (exact) mass is 234 g/mol. The van der Waals surface area contributed by atoms with Crippen molar-refractivity contribution >= 4 is 17.9 Å². The number of aromatic amines is 2. The van der Waals surface area contributed by atoms with E-state index in [-0.39, 0.29) is 5.92 Å². The van der Waals surface area contributed by atoms with Gasteiger partial charge >= 0.3 is 0 Å². The number of hydrogen-bond acceptors (Lipinski definition) is 1. The van der Waals surface area contributed by atoms with Crippen LogP contribution in [-0.2, 0) is 0 Å². The number of H-pyrrole nitrogens is 2. The van der Waals surface area contributed by atoms with E-state index in [1.807, 2.05) is 6.20 Å². The summed E-state index contributed by atoms with van der Waals surface area (Å²) in [6, 6.07) is 6.26. The lowest BCUT2D eigenvalue weighted by Gasteiger charge is -2.11. The largest absolute Gasteiger partial charge is 0.337 e. The van der Waals surface area contributed by atoms with E-state index in [1.54, 1.807) is 0 Å². The fourth-order valence-electron chi connectivity index (χ4n) is 1.88. The van der Waals surface area contributed by atoms with Crippen LogP contribution in [-0.4, -0.2) is 9.97 Å². The molecule has 1 atom stereocenters. The molecule has 2 rings (SSSR count). The Labute approximate surface area is 99.7 Å². The first kappa shape index (κ1) is 11.1. The molecule has 16 heavy (non-hydrogen) atoms. The Kier molecular flexibility index (Phi) is 2.94. The standard InChI is InChI=1S/C12H15N3S/c1-7-4-3-5-9(11(7)13)8(2)10-6-14-12(16)15-10/h3-6,8H,13H2,1-2H3,(H2,14,15,16)/p+1. The molecule has 4 heteroatoms. The van der Waals surface area contributed by atoms with Gasteiger partial charge in [0.05, 0.1) is 0 Å². The van der Waals surface area contributed by atoms with Crippen LogP contribution in [0.2, 0.25) is 0 Å². The lowest BCUT2D eigenvalue weighted by Crippen LogP contribution is -2.42. The van der Waals surface area contributed by atoms with E-state index in [0.717, 1.165) is 11.4 Å². The lowest BCUT2D eigenvalue weighted by atomic mass is 9.95. The molecule has 0 fully saturated rings. The van der Waals surface area contributed by atoms with E-state index >= 15 is 0 Å². The van der Waals surface area contributed by atoms with Crippen LogP contribution in [0.3, 0.4) is 0 Å². The zero-order valence-corrected chi connectivity index (χ0v) is 10.3. The molecule has 1 aromatic carbocycles. The molecule has 0 bridgehead atoms. The third-order valence-corrected chi connectivity index (χ3v) is 3.22. The smallest absolute Gasteiger partial charge is 0.174 e. The van der Waals surface area contributed by atoms with Crippen LogP contribution in [0.4, 0.5) is 5.69 Å². The Morgan fingerprint density at radius 1 is 1.38 bits per heavy atom. The topological polar surface area (TPSA) is 59.2 Å². The second-order valence-corrected chi connectivity index (χ2v) is 4.47. The first-order chi connectivity index (χ1) is 7.59. The minimum absolute atomic E-state index is 0.278. The van der Waals surface area contributed by atoms with Gasteiger partial charge in [0.15, 0.2) is 4.77 Å². The summed E-state index contributed by atoms with van der Waals surface area (Å²) in [6.45, 7) is 4.23. The molecule has 5 N–H and O–H groups in total. The third-order valence-electron chi connectivity index (χ3n) is 3.00. The number of rotatable bonds is 2. The quantitative estimate of drug-likeness (QED) is 0.687. The van der Waals surface area contributed by atoms with Gasteiger partial charge in [-0.3, -0.25) is 0 Å². The van der Waals surface area contributed by atoms with Crippen molar-refractivity contribution in [1.82, 2.24) is 9.97 Å². The van der Waals surface area contributed by atoms with Crippen molar-refractivity contribution in [2.24, 2.45) is 0 Å². The van der Waals surface area contributed by atoms with Crippen LogP contribution >= 0.6 is 12.2 Å². The number of benzene rings is 1. The molecular weight excluding hydrogens is 218 g/mol. The Balaban J connectivity index is 2.45. The number of hydrogen-bond donors (Lipinski definition) is 3. The van der Waals surface area contributed by atoms with Crippen molar-refractivity contribution in [3.05, 3.63) is 46.0 Å². The summed E-state index contributed by atoms with van der Waals surface area (Å²) in [5.41, 5.74) is 8.79. The SMILES string of the molecule is Cc1cccc(C(C)c2c[nH]c(=S)[nH]2)c1[NH3+]. The highest BCUT2D eigenvalue weighted by Gasteiger charge is 2.15. The molecule has 1 aromatic heterocycles. The van der Waals surface area contributed by atoms with Crippen LogP contribution in [0.5, 0.6) is 0 Å². The highest BCUT2D eigenvalue weighted by Crippen LogP contribution is 2.27. The summed E-state index contributed by atoms with van der Waals surface area (Å²) in [4.78, 5) is 6.14. The molecule has 0 amide bonds. The van der Waals surface area contributed by atoms with Gasteiger partial charge in [0.25, 0.3) is 0 Å². The highest BCUT2D eigenvalue weighted by atomic mass is 32.1. The van der Waals surface area contributed by atoms with Gasteiger partial charge in [0.2, 0.25) is 0 Å². The number of imidazole rings is 1. The Morgan fingerprint density at radius 2 is 2.12 bits per heavy atom. The van der Waals surface area contributed by atoms with E-state index in [1.165, 1.54) is 11.1 Å². The van der Waals surface area contributed by atoms with E-state index in [0.29, 0.717) is 4.77 Å². The van der Waals surface area contributed by atoms with Crippen LogP contribution < -0.4 is 5.73 Å². The molecule has 1 heterocycles. The Hall–Kier alpha value is -1.39. The van der Waals surface area contributed by atoms with Crippen molar-refractivity contribution < 1.29 is 5.73 Å². The van der Waals surface area contributed by atoms with Crippen molar-refractivity contribution in [2.75, 3.05) is 0 Å². The lowest BCUT2D eigenvalue weighted by molar-refractivity contribution is -0.256. The molecule has 1 unspecified atom stereocenters. The van der Waals surface area contributed by atoms with Crippen LogP contribution in [0.1, 0.15) is 29.7 Å². The summed E-state index contributed by atoms with van der Waals surface area (Å²) in [5, 5.41) is 0. The maximum absolute atomic E-state index is 5.03. The highest BCUT2D eigenvalue weighted by molar-refractivity contribution is 7.71. The van der Waals surface area contributed by atoms with Gasteiger partial charge in [-0.05, 0) is 19.1 Å². The summed E-state index contributed by atoms with van der Waals surface area (Å²) >= 11 is 5.03. The summed E-state index contributed by atoms with van der Waals surface area (Å²) in [7, 11) is 0. The molecule has 0 aliphatic carbocycles. The fourth-order valence-corrected chi connectivity index (χ4v) is 2.05. The van der Waals surface area contributed by atoms with Gasteiger partial charge in [0, 0.05) is 28.9 Å². The predicted octanol–water partition coefficient (Wildman–Crippen LogP) is 2.41. The van der Waals surface area contributed by atoms with Gasteiger partial charge in [-0.25, -0.2) is 0 Å². The molecule has 0 aliphatic heterocycles. The third kappa shape index (κ3) is 1.94. The number of quaternary nitrogens is 1. The van der Waals surface area contributed by atoms with Gasteiger partial charge in [-0.2, -0.15) is 0 Å². The first-order valence-corrected chi connectivity index (χ1v) is 5.69. The molecule has 2 aromatic rings. The Bertz CT molecular complexity index is 553. The zero-order chi connectivity index (χ0) is 11.7. The summed E-state index contributed by atoms with van der Waals surface area (Å²) in [5.74, 6) is 0.278. The molecule has 0 radical (unpaired) electrons. The van der Waals surface area contributed by atoms with Gasteiger partial charge < -0.3 is 15.7 Å². The average Bonchev–Trinajstić information content (AvgIpc) is 2.68. The first-order valence-electron chi connectivity index (χ1n) is 5.28. The van der Waals surface area contributed by atoms with Crippen LogP contribution in [0.15, 0.2) is 24.4 Å². The van der Waals surface area contributed by atoms with Gasteiger partial charge in [-0.15, -0.1) is 0 Å². The number of aryl methyl sites for hydroxylation is 1. The van der Waals surface area contributed by atoms with E-state index < -0.39 is 0 Å². The zero-order valence-electron chi connectivity index (χ0n) is 9.50. The average molecular weight is 234 g/mol. The van der Waals surface area contributed by atoms with Crippen molar-refractivity contribution in [2.45, 2.75) is 19.8 Å². The molecule has 0 saturated heterocycles. The number of nitrogens with one attached hydrogen (secondary N) is 2. The van der Waals surface area contributed by atoms with Gasteiger partial charge in [0.1, 0.15) is 5.69 Å². The maximum atomic E-state index is 5.03. The van der Waals surface area contributed by atoms with Gasteiger partial charge in [-0.1, -0.05) is 25.1 Å². The maximum Gasteiger partial charge on any atom is 0.174 e. The van der Waals surface area contributed by atoms with E-state index in [4.69, 9.17) is 12.2 Å². The molecule has 0 aliphatic rings. The normalized spacial score (nSPS) is 12.7. The van der Waals surface area contributed by atoms with Crippen LogP contribution in [0, 0.1) is 11.7 Å². The molecular formula is C12H16N3S+. The molecule has 3 nitrogen and oxygen atoms in total. The second-order valence-electron chi connectivity index (χ2n) is 4.06. The molecule has 84 valence electrons. The van der Waals surface area contributed by atoms with E-state index in [9.17, 15) is 0 Å². The summed E-state index contributed by atoms with van der Waals surface area (Å²) in [6.07, 6.45) is 1.93. The minimum Gasteiger partial charge on any atom is -0.337 e. The number of aromatic nitrogens is 2. The van der Waals surface area contributed by atoms with Crippen molar-refractivity contribution in [1.29, 1.82) is 0 Å². The van der Waals surface area contributed by atoms with E-state index in [2.05, 4.69) is 47.7 Å². The van der Waals surface area contributed by atoms with Crippen LogP contribution in [0.25, 0.3) is 0 Å². The van der Waals surface area contributed by atoms with Crippen molar-refractivity contribution in [3.63, 3.8) is 0 Å².